The number of nitriles is 1. The first-order valence-electron chi connectivity index (χ1n) is 8.53. The normalized spacial score (nSPS) is 16.0. The lowest BCUT2D eigenvalue weighted by Crippen LogP contribution is -2.20. The number of rotatable bonds is 4. The molecule has 1 unspecified atom stereocenters. The summed E-state index contributed by atoms with van der Waals surface area (Å²) in [6, 6.07) is 8.06. The standard InChI is InChI=1S/C20H22N2O2S/c1-12-7-8-15-16(10-21)20(25-18(15)9-12)22-19(23)11-24-17-6-4-5-13(2)14(17)3/h4-6,12H,7-9,11H2,1-3H3,(H,22,23). The molecular weight excluding hydrogens is 332 g/mol. The SMILES string of the molecule is Cc1cccc(OCC(=O)Nc2sc3c(c2C#N)CCC(C)C3)c1C. The molecule has 3 rings (SSSR count). The highest BCUT2D eigenvalue weighted by Gasteiger charge is 2.24. The molecule has 0 bridgehead atoms. The summed E-state index contributed by atoms with van der Waals surface area (Å²) in [4.78, 5) is 13.5. The summed E-state index contributed by atoms with van der Waals surface area (Å²) in [7, 11) is 0. The number of carbonyl (C=O) groups excluding carboxylic acids is 1. The molecule has 0 fully saturated rings. The van der Waals surface area contributed by atoms with Gasteiger partial charge in [-0.3, -0.25) is 4.79 Å². The van der Waals surface area contributed by atoms with E-state index in [1.54, 1.807) is 0 Å². The number of aryl methyl sites for hydroxylation is 1. The Bertz CT molecular complexity index is 848. The Morgan fingerprint density at radius 1 is 1.44 bits per heavy atom. The molecule has 1 aromatic carbocycles. The minimum absolute atomic E-state index is 0.0614. The number of nitrogens with one attached hydrogen (secondary N) is 1. The lowest BCUT2D eigenvalue weighted by Gasteiger charge is -2.17. The van der Waals surface area contributed by atoms with Crippen molar-refractivity contribution in [1.29, 1.82) is 5.26 Å². The molecule has 1 atom stereocenters. The van der Waals surface area contributed by atoms with Crippen molar-refractivity contribution >= 4 is 22.2 Å². The van der Waals surface area contributed by atoms with Crippen molar-refractivity contribution in [2.45, 2.75) is 40.0 Å². The number of hydrogen-bond acceptors (Lipinski definition) is 4. The van der Waals surface area contributed by atoms with Crippen molar-refractivity contribution < 1.29 is 9.53 Å². The lowest BCUT2D eigenvalue weighted by molar-refractivity contribution is -0.118. The fourth-order valence-electron chi connectivity index (χ4n) is 3.14. The van der Waals surface area contributed by atoms with Gasteiger partial charge in [0, 0.05) is 4.88 Å². The molecule has 0 saturated carbocycles. The van der Waals surface area contributed by atoms with E-state index in [2.05, 4.69) is 18.3 Å². The van der Waals surface area contributed by atoms with Gasteiger partial charge in [0.15, 0.2) is 6.61 Å². The molecule has 1 aromatic heterocycles. The molecule has 1 heterocycles. The van der Waals surface area contributed by atoms with Crippen LogP contribution in [-0.2, 0) is 17.6 Å². The second kappa shape index (κ2) is 7.28. The van der Waals surface area contributed by atoms with E-state index in [-0.39, 0.29) is 12.5 Å². The highest BCUT2D eigenvalue weighted by molar-refractivity contribution is 7.16. The van der Waals surface area contributed by atoms with E-state index in [0.29, 0.717) is 16.5 Å². The zero-order chi connectivity index (χ0) is 18.0. The highest BCUT2D eigenvalue weighted by Crippen LogP contribution is 2.39. The van der Waals surface area contributed by atoms with Gasteiger partial charge < -0.3 is 10.1 Å². The van der Waals surface area contributed by atoms with Crippen LogP contribution in [0.4, 0.5) is 5.00 Å². The van der Waals surface area contributed by atoms with E-state index in [0.717, 1.165) is 41.7 Å². The Kier molecular flexibility index (Phi) is 5.10. The van der Waals surface area contributed by atoms with Gasteiger partial charge in [-0.05, 0) is 61.8 Å². The minimum atomic E-state index is -0.232. The van der Waals surface area contributed by atoms with Gasteiger partial charge in [-0.25, -0.2) is 0 Å². The fraction of sp³-hybridized carbons (Fsp3) is 0.400. The van der Waals surface area contributed by atoms with Gasteiger partial charge in [0.05, 0.1) is 5.56 Å². The summed E-state index contributed by atoms with van der Waals surface area (Å²) in [5.74, 6) is 1.12. The third kappa shape index (κ3) is 3.69. The number of ether oxygens (including phenoxy) is 1. The van der Waals surface area contributed by atoms with Crippen LogP contribution >= 0.6 is 11.3 Å². The Balaban J connectivity index is 1.69. The summed E-state index contributed by atoms with van der Waals surface area (Å²) in [5, 5.41) is 13.0. The molecule has 130 valence electrons. The first-order valence-corrected chi connectivity index (χ1v) is 9.34. The van der Waals surface area contributed by atoms with Crippen molar-refractivity contribution in [2.24, 2.45) is 5.92 Å². The van der Waals surface area contributed by atoms with Gasteiger partial charge in [-0.15, -0.1) is 11.3 Å². The van der Waals surface area contributed by atoms with Crippen molar-refractivity contribution in [3.8, 4) is 11.8 Å². The van der Waals surface area contributed by atoms with Crippen molar-refractivity contribution in [2.75, 3.05) is 11.9 Å². The highest BCUT2D eigenvalue weighted by atomic mass is 32.1. The number of fused-ring (bicyclic) bond motifs is 1. The van der Waals surface area contributed by atoms with E-state index in [4.69, 9.17) is 4.74 Å². The summed E-state index contributed by atoms with van der Waals surface area (Å²) < 4.78 is 5.65. The van der Waals surface area contributed by atoms with E-state index in [9.17, 15) is 10.1 Å². The third-order valence-electron chi connectivity index (χ3n) is 4.79. The summed E-state index contributed by atoms with van der Waals surface area (Å²) in [6.07, 6.45) is 3.01. The average Bonchev–Trinajstić information content (AvgIpc) is 2.92. The first-order chi connectivity index (χ1) is 12.0. The maximum atomic E-state index is 12.3. The molecule has 0 aliphatic heterocycles. The Hall–Kier alpha value is -2.32. The van der Waals surface area contributed by atoms with E-state index >= 15 is 0 Å². The lowest BCUT2D eigenvalue weighted by atomic mass is 9.89. The molecule has 0 spiro atoms. The smallest absolute Gasteiger partial charge is 0.262 e. The second-order valence-corrected chi connectivity index (χ2v) is 7.81. The minimum Gasteiger partial charge on any atom is -0.483 e. The molecule has 25 heavy (non-hydrogen) atoms. The maximum Gasteiger partial charge on any atom is 0.262 e. The van der Waals surface area contributed by atoms with Crippen LogP contribution in [0.1, 0.15) is 40.5 Å². The van der Waals surface area contributed by atoms with Gasteiger partial charge in [-0.2, -0.15) is 5.26 Å². The summed E-state index contributed by atoms with van der Waals surface area (Å²) in [5.41, 5.74) is 3.92. The molecule has 1 aliphatic carbocycles. The summed E-state index contributed by atoms with van der Waals surface area (Å²) in [6.45, 7) is 6.16. The zero-order valence-corrected chi connectivity index (χ0v) is 15.6. The van der Waals surface area contributed by atoms with Crippen molar-refractivity contribution in [3.63, 3.8) is 0 Å². The first kappa shape index (κ1) is 17.5. The van der Waals surface area contributed by atoms with Gasteiger partial charge in [-0.1, -0.05) is 19.1 Å². The van der Waals surface area contributed by atoms with Gasteiger partial charge in [0.2, 0.25) is 0 Å². The molecule has 5 heteroatoms. The largest absolute Gasteiger partial charge is 0.483 e. The van der Waals surface area contributed by atoms with E-state index in [1.807, 2.05) is 32.0 Å². The molecular formula is C20H22N2O2S. The quantitative estimate of drug-likeness (QED) is 0.886. The predicted octanol–water partition coefficient (Wildman–Crippen LogP) is 4.38. The van der Waals surface area contributed by atoms with E-state index in [1.165, 1.54) is 16.2 Å². The number of amides is 1. The van der Waals surface area contributed by atoms with Crippen LogP contribution in [0.5, 0.6) is 5.75 Å². The average molecular weight is 354 g/mol. The number of carbonyl (C=O) groups is 1. The van der Waals surface area contributed by atoms with Gasteiger partial charge in [0.1, 0.15) is 16.8 Å². The van der Waals surface area contributed by atoms with Crippen LogP contribution in [0.3, 0.4) is 0 Å². The Labute approximate surface area is 152 Å². The zero-order valence-electron chi connectivity index (χ0n) is 14.8. The van der Waals surface area contributed by atoms with Gasteiger partial charge in [0.25, 0.3) is 5.91 Å². The maximum absolute atomic E-state index is 12.3. The third-order valence-corrected chi connectivity index (χ3v) is 5.96. The number of hydrogen-bond donors (Lipinski definition) is 1. The van der Waals surface area contributed by atoms with Crippen LogP contribution in [0.25, 0.3) is 0 Å². The number of benzene rings is 1. The van der Waals surface area contributed by atoms with Crippen molar-refractivity contribution in [3.05, 3.63) is 45.3 Å². The molecule has 4 nitrogen and oxygen atoms in total. The summed E-state index contributed by atoms with van der Waals surface area (Å²) >= 11 is 1.54. The topological polar surface area (TPSA) is 62.1 Å². The number of thiophene rings is 1. The van der Waals surface area contributed by atoms with Crippen LogP contribution in [0, 0.1) is 31.1 Å². The molecule has 2 aromatic rings. The monoisotopic (exact) mass is 354 g/mol. The van der Waals surface area contributed by atoms with Crippen LogP contribution in [0.15, 0.2) is 18.2 Å². The molecule has 1 amide bonds. The number of anilines is 1. The molecule has 1 N–H and O–H groups in total. The van der Waals surface area contributed by atoms with Crippen LogP contribution in [0.2, 0.25) is 0 Å². The second-order valence-electron chi connectivity index (χ2n) is 6.70. The Morgan fingerprint density at radius 2 is 2.24 bits per heavy atom. The van der Waals surface area contributed by atoms with Crippen LogP contribution in [-0.4, -0.2) is 12.5 Å². The van der Waals surface area contributed by atoms with E-state index < -0.39 is 0 Å². The molecule has 0 radical (unpaired) electrons. The van der Waals surface area contributed by atoms with Gasteiger partial charge >= 0.3 is 0 Å². The fourth-order valence-corrected chi connectivity index (χ4v) is 4.52. The predicted molar refractivity (Wildman–Crippen MR) is 100 cm³/mol. The van der Waals surface area contributed by atoms with Crippen molar-refractivity contribution in [1.82, 2.24) is 0 Å². The molecule has 0 saturated heterocycles. The number of nitrogens with zero attached hydrogens (tertiary/aromatic N) is 1. The molecule has 1 aliphatic rings. The Morgan fingerprint density at radius 3 is 3.00 bits per heavy atom. The van der Waals surface area contributed by atoms with Crippen LogP contribution < -0.4 is 10.1 Å².